The van der Waals surface area contributed by atoms with E-state index in [1.54, 1.807) is 0 Å². The summed E-state index contributed by atoms with van der Waals surface area (Å²) in [6.45, 7) is 8.40. The number of hydrogen-bond acceptors (Lipinski definition) is 8. The summed E-state index contributed by atoms with van der Waals surface area (Å²) < 4.78 is 61.9. The van der Waals surface area contributed by atoms with Gasteiger partial charge in [-0.3, -0.25) is 4.79 Å². The number of nitrogens with zero attached hydrogens (tertiary/aromatic N) is 6. The second kappa shape index (κ2) is 11.9. The van der Waals surface area contributed by atoms with Crippen LogP contribution in [0.25, 0.3) is 22.0 Å². The molecule has 2 aliphatic rings. The van der Waals surface area contributed by atoms with E-state index in [0.717, 1.165) is 31.5 Å². The minimum atomic E-state index is -4.70. The van der Waals surface area contributed by atoms with Crippen LogP contribution < -0.4 is 15.4 Å². The van der Waals surface area contributed by atoms with Crippen LogP contribution in [0.2, 0.25) is 0 Å². The van der Waals surface area contributed by atoms with Crippen LogP contribution in [0.1, 0.15) is 37.8 Å². The molecule has 0 bridgehead atoms. The van der Waals surface area contributed by atoms with Crippen LogP contribution in [0.5, 0.6) is 6.01 Å². The Morgan fingerprint density at radius 3 is 2.45 bits per heavy atom. The van der Waals surface area contributed by atoms with E-state index < -0.39 is 23.5 Å². The number of anilines is 2. The lowest BCUT2D eigenvalue weighted by atomic mass is 9.93. The molecule has 1 aromatic heterocycles. The molecule has 3 aromatic rings. The SMILES string of the molecule is C=C(F)C(=O)N1C[C@@H](C)N(c2nc(OC[C@@H]3CCCN3C)nc3cc(-c4cc(N)ccc4C(F)(F)F)c(C#N)cc23)[C@@H](C)C1. The number of likely N-dealkylation sites (tertiary alicyclic amines) is 1. The molecule has 2 N–H and O–H groups in total. The number of alkyl halides is 3. The summed E-state index contributed by atoms with van der Waals surface area (Å²) in [5.74, 6) is -1.45. The van der Waals surface area contributed by atoms with Crippen LogP contribution in [0, 0.1) is 11.3 Å². The molecule has 2 aromatic carbocycles. The number of carbonyl (C=O) groups is 1. The van der Waals surface area contributed by atoms with Gasteiger partial charge in [-0.15, -0.1) is 0 Å². The van der Waals surface area contributed by atoms with Crippen molar-refractivity contribution in [2.75, 3.05) is 43.9 Å². The summed E-state index contributed by atoms with van der Waals surface area (Å²) in [5, 5.41) is 10.5. The summed E-state index contributed by atoms with van der Waals surface area (Å²) in [6.07, 6.45) is -2.73. The van der Waals surface area contributed by atoms with Crippen molar-refractivity contribution in [3.05, 3.63) is 53.9 Å². The highest BCUT2D eigenvalue weighted by molar-refractivity contribution is 5.96. The van der Waals surface area contributed by atoms with Gasteiger partial charge < -0.3 is 25.2 Å². The zero-order valence-corrected chi connectivity index (χ0v) is 24.7. The van der Waals surface area contributed by atoms with E-state index in [0.29, 0.717) is 17.8 Å². The van der Waals surface area contributed by atoms with Gasteiger partial charge in [0.25, 0.3) is 5.91 Å². The van der Waals surface area contributed by atoms with Crippen molar-refractivity contribution in [1.82, 2.24) is 19.8 Å². The molecule has 0 aliphatic carbocycles. The number of halogens is 4. The second-order valence-corrected chi connectivity index (χ2v) is 11.5. The van der Waals surface area contributed by atoms with Crippen molar-refractivity contribution in [3.8, 4) is 23.2 Å². The molecule has 0 unspecified atom stereocenters. The van der Waals surface area contributed by atoms with E-state index in [1.165, 1.54) is 23.1 Å². The van der Waals surface area contributed by atoms with Crippen LogP contribution in [0.15, 0.2) is 42.7 Å². The molecule has 1 amide bonds. The molecule has 3 atom stereocenters. The third-order valence-corrected chi connectivity index (χ3v) is 8.31. The molecule has 0 spiro atoms. The molecule has 2 aliphatic heterocycles. The maximum absolute atomic E-state index is 14.1. The van der Waals surface area contributed by atoms with Crippen molar-refractivity contribution in [1.29, 1.82) is 5.26 Å². The fraction of sp³-hybridized carbons (Fsp3) is 0.419. The smallest absolute Gasteiger partial charge is 0.417 e. The Bertz CT molecular complexity index is 1640. The van der Waals surface area contributed by atoms with E-state index in [1.807, 2.05) is 31.9 Å². The van der Waals surface area contributed by atoms with Gasteiger partial charge in [0.2, 0.25) is 0 Å². The Hall–Kier alpha value is -4.44. The normalized spacial score (nSPS) is 21.0. The van der Waals surface area contributed by atoms with Gasteiger partial charge in [0.05, 0.1) is 22.7 Å². The highest BCUT2D eigenvalue weighted by Crippen LogP contribution is 2.42. The number of hydrogen-bond donors (Lipinski definition) is 1. The summed E-state index contributed by atoms with van der Waals surface area (Å²) >= 11 is 0. The molecule has 3 heterocycles. The maximum atomic E-state index is 14.1. The first-order valence-corrected chi connectivity index (χ1v) is 14.3. The maximum Gasteiger partial charge on any atom is 0.417 e. The van der Waals surface area contributed by atoms with Crippen molar-refractivity contribution in [3.63, 3.8) is 0 Å². The molecule has 2 fully saturated rings. The van der Waals surface area contributed by atoms with Crippen molar-refractivity contribution < 1.29 is 27.1 Å². The van der Waals surface area contributed by atoms with Gasteiger partial charge in [-0.1, -0.05) is 6.58 Å². The van der Waals surface area contributed by atoms with E-state index in [4.69, 9.17) is 15.5 Å². The van der Waals surface area contributed by atoms with E-state index in [2.05, 4.69) is 16.5 Å². The van der Waals surface area contributed by atoms with Gasteiger partial charge >= 0.3 is 12.2 Å². The highest BCUT2D eigenvalue weighted by atomic mass is 19.4. The van der Waals surface area contributed by atoms with Gasteiger partial charge in [-0.05, 0) is 76.2 Å². The Balaban J connectivity index is 1.66. The molecule has 0 radical (unpaired) electrons. The molecule has 9 nitrogen and oxygen atoms in total. The number of carbonyl (C=O) groups excluding carboxylic acids is 1. The molecular weight excluding hydrogens is 578 g/mol. The van der Waals surface area contributed by atoms with Gasteiger partial charge in [-0.2, -0.15) is 28.4 Å². The van der Waals surface area contributed by atoms with Crippen LogP contribution in [0.4, 0.5) is 29.1 Å². The van der Waals surface area contributed by atoms with Gasteiger partial charge in [0, 0.05) is 47.9 Å². The number of benzene rings is 2. The number of nitrogen functional groups attached to an aromatic ring is 1. The summed E-state index contributed by atoms with van der Waals surface area (Å²) in [4.78, 5) is 27.2. The zero-order valence-electron chi connectivity index (χ0n) is 24.7. The number of ether oxygens (including phenoxy) is 1. The number of piperazine rings is 1. The van der Waals surface area contributed by atoms with Crippen LogP contribution in [0.3, 0.4) is 0 Å². The zero-order chi connectivity index (χ0) is 31.9. The molecule has 13 heteroatoms. The lowest BCUT2D eigenvalue weighted by molar-refractivity contribution is -0.137. The molecule has 44 heavy (non-hydrogen) atoms. The summed E-state index contributed by atoms with van der Waals surface area (Å²) in [5.41, 5.74) is 5.08. The number of fused-ring (bicyclic) bond motifs is 1. The second-order valence-electron chi connectivity index (χ2n) is 11.5. The molecule has 232 valence electrons. The highest BCUT2D eigenvalue weighted by Gasteiger charge is 2.37. The minimum Gasteiger partial charge on any atom is -0.462 e. The quantitative estimate of drug-likeness (QED) is 0.232. The standard InChI is InChI=1S/C31H33F4N7O2/c1-17-14-41(29(43)19(3)32)15-18(2)42(17)28-25-10-20(13-36)23(24-11-21(37)7-8-26(24)31(33,34)35)12-27(25)38-30(39-28)44-16-22-6-5-9-40(22)4/h7-8,10-12,17-18,22H,3,5-6,9,14-16,37H2,1-2,4H3/t17-,18+,22-/m0/s1. The van der Waals surface area contributed by atoms with E-state index in [-0.39, 0.29) is 65.1 Å². The van der Waals surface area contributed by atoms with Crippen LogP contribution >= 0.6 is 0 Å². The lowest BCUT2D eigenvalue weighted by Crippen LogP contribution is -2.58. The lowest BCUT2D eigenvalue weighted by Gasteiger charge is -2.45. The Morgan fingerprint density at radius 2 is 1.86 bits per heavy atom. The number of nitriles is 1. The number of aromatic nitrogens is 2. The number of amides is 1. The average molecular weight is 612 g/mol. The monoisotopic (exact) mass is 611 g/mol. The molecule has 0 saturated carbocycles. The first-order chi connectivity index (χ1) is 20.8. The fourth-order valence-corrected chi connectivity index (χ4v) is 6.19. The topological polar surface area (TPSA) is 112 Å². The Morgan fingerprint density at radius 1 is 1.16 bits per heavy atom. The minimum absolute atomic E-state index is 0.0173. The van der Waals surface area contributed by atoms with Crippen LogP contribution in [-0.4, -0.2) is 77.1 Å². The van der Waals surface area contributed by atoms with Gasteiger partial charge in [0.1, 0.15) is 12.4 Å². The van der Waals surface area contributed by atoms with Crippen molar-refractivity contribution >= 4 is 28.3 Å². The number of rotatable bonds is 6. The Labute approximate surface area is 252 Å². The fourth-order valence-electron chi connectivity index (χ4n) is 6.19. The number of likely N-dealkylation sites (N-methyl/N-ethyl adjacent to an activating group) is 1. The first kappa shape index (κ1) is 31.0. The van der Waals surface area contributed by atoms with Gasteiger partial charge in [0.15, 0.2) is 5.83 Å². The first-order valence-electron chi connectivity index (χ1n) is 14.3. The van der Waals surface area contributed by atoms with Gasteiger partial charge in [-0.25, -0.2) is 4.39 Å². The Kier molecular flexibility index (Phi) is 8.40. The van der Waals surface area contributed by atoms with Crippen molar-refractivity contribution in [2.45, 2.75) is 51.0 Å². The third kappa shape index (κ3) is 5.99. The molecule has 5 rings (SSSR count). The predicted octanol–water partition coefficient (Wildman–Crippen LogP) is 5.15. The van der Waals surface area contributed by atoms with Crippen LogP contribution in [-0.2, 0) is 11.0 Å². The summed E-state index contributed by atoms with van der Waals surface area (Å²) in [6, 6.07) is 7.65. The predicted molar refractivity (Wildman–Crippen MR) is 158 cm³/mol. The third-order valence-electron chi connectivity index (χ3n) is 8.31. The molecule has 2 saturated heterocycles. The van der Waals surface area contributed by atoms with E-state index >= 15 is 0 Å². The average Bonchev–Trinajstić information content (AvgIpc) is 3.38. The summed E-state index contributed by atoms with van der Waals surface area (Å²) in [7, 11) is 2.00. The largest absolute Gasteiger partial charge is 0.462 e. The molecular formula is C31H33F4N7O2. The van der Waals surface area contributed by atoms with Crippen molar-refractivity contribution in [2.24, 2.45) is 0 Å². The van der Waals surface area contributed by atoms with E-state index in [9.17, 15) is 27.6 Å². The number of nitrogens with two attached hydrogens (primary N) is 1.